The van der Waals surface area contributed by atoms with E-state index in [1.54, 1.807) is 0 Å². The van der Waals surface area contributed by atoms with Crippen molar-refractivity contribution < 1.29 is 0 Å². The van der Waals surface area contributed by atoms with E-state index in [2.05, 4.69) is 168 Å². The predicted octanol–water partition coefficient (Wildman–Crippen LogP) is 14.5. The highest BCUT2D eigenvalue weighted by atomic mass is 79.9. The van der Waals surface area contributed by atoms with Crippen molar-refractivity contribution in [3.63, 3.8) is 0 Å². The zero-order chi connectivity index (χ0) is 32.0. The topological polar surface area (TPSA) is 0 Å². The average molecular weight is 682 g/mol. The molecular formula is C48H25Br. The molecule has 12 aromatic carbocycles. The van der Waals surface area contributed by atoms with Gasteiger partial charge in [0.2, 0.25) is 0 Å². The van der Waals surface area contributed by atoms with E-state index in [-0.39, 0.29) is 0 Å². The van der Waals surface area contributed by atoms with Crippen molar-refractivity contribution >= 4 is 113 Å². The first-order chi connectivity index (χ1) is 24.3. The van der Waals surface area contributed by atoms with Gasteiger partial charge in [-0.2, -0.15) is 0 Å². The van der Waals surface area contributed by atoms with Gasteiger partial charge in [0.1, 0.15) is 0 Å². The molecule has 0 aliphatic rings. The number of hydrogen-bond acceptors (Lipinski definition) is 0. The highest BCUT2D eigenvalue weighted by molar-refractivity contribution is 9.10. The van der Waals surface area contributed by atoms with E-state index >= 15 is 0 Å². The van der Waals surface area contributed by atoms with Crippen LogP contribution in [0, 0.1) is 0 Å². The SMILES string of the molecule is Brc1ccc2c3c(-c4ccccc4)c4c5ccc6c7cccc8cccc(c9ccc(c4c(-c4ccccc4)c3c3cccc1c32)c5c96)c87. The third-order valence-corrected chi connectivity index (χ3v) is 12.0. The molecule has 0 aliphatic carbocycles. The van der Waals surface area contributed by atoms with Gasteiger partial charge in [0.15, 0.2) is 0 Å². The van der Waals surface area contributed by atoms with Crippen LogP contribution in [0.5, 0.6) is 0 Å². The summed E-state index contributed by atoms with van der Waals surface area (Å²) in [5, 5.41) is 24.0. The van der Waals surface area contributed by atoms with Gasteiger partial charge >= 0.3 is 0 Å². The molecule has 0 amide bonds. The maximum atomic E-state index is 3.91. The Labute approximate surface area is 289 Å². The van der Waals surface area contributed by atoms with Gasteiger partial charge in [-0.05, 0) is 125 Å². The number of benzene rings is 10. The van der Waals surface area contributed by atoms with Crippen molar-refractivity contribution in [2.75, 3.05) is 0 Å². The van der Waals surface area contributed by atoms with Crippen molar-refractivity contribution in [1.29, 1.82) is 0 Å². The molecule has 0 nitrogen and oxygen atoms in total. The van der Waals surface area contributed by atoms with Crippen LogP contribution in [0.1, 0.15) is 0 Å². The molecule has 0 bridgehead atoms. The predicted molar refractivity (Wildman–Crippen MR) is 216 cm³/mol. The highest BCUT2D eigenvalue weighted by Crippen LogP contribution is 2.57. The van der Waals surface area contributed by atoms with E-state index in [1.165, 1.54) is 119 Å². The van der Waals surface area contributed by atoms with Gasteiger partial charge < -0.3 is 0 Å². The Morgan fingerprint density at radius 2 is 0.633 bits per heavy atom. The first-order valence-corrected chi connectivity index (χ1v) is 17.8. The molecule has 1 heteroatoms. The van der Waals surface area contributed by atoms with Gasteiger partial charge in [0.25, 0.3) is 0 Å². The molecule has 0 saturated carbocycles. The fourth-order valence-electron chi connectivity index (χ4n) is 9.55. The Balaban J connectivity index is 1.45. The molecule has 0 fully saturated rings. The lowest BCUT2D eigenvalue weighted by atomic mass is 9.87. The Morgan fingerprint density at radius 1 is 0.245 bits per heavy atom. The maximum Gasteiger partial charge on any atom is 0.0254 e. The molecule has 12 aromatic rings. The third-order valence-electron chi connectivity index (χ3n) is 11.3. The van der Waals surface area contributed by atoms with E-state index < -0.39 is 0 Å². The molecule has 0 N–H and O–H groups in total. The Hall–Kier alpha value is -5.76. The summed E-state index contributed by atoms with van der Waals surface area (Å²) in [6, 6.07) is 56.8. The van der Waals surface area contributed by atoms with Crippen LogP contribution >= 0.6 is 15.9 Å². The fourth-order valence-corrected chi connectivity index (χ4v) is 10.0. The van der Waals surface area contributed by atoms with Crippen LogP contribution in [0.15, 0.2) is 156 Å². The van der Waals surface area contributed by atoms with Crippen LogP contribution in [0.25, 0.3) is 119 Å². The molecule has 224 valence electrons. The number of halogens is 1. The number of fused-ring (bicyclic) bond motifs is 8. The highest BCUT2D eigenvalue weighted by Gasteiger charge is 2.28. The molecule has 0 heterocycles. The summed E-state index contributed by atoms with van der Waals surface area (Å²) in [7, 11) is 0. The van der Waals surface area contributed by atoms with Gasteiger partial charge in [-0.25, -0.2) is 0 Å². The standard InChI is InChI=1S/C48H25Br/c49-38-25-24-35-42-33(38)18-9-19-34(42)45-40(27-10-3-1-4-11-27)47-36-22-20-31-29-16-7-14-26-15-8-17-30(39(26)29)32-21-23-37(44(36)43(31)32)48(47)41(46(35)45)28-12-5-2-6-13-28/h1-25H. The van der Waals surface area contributed by atoms with Crippen LogP contribution in [0.3, 0.4) is 0 Å². The smallest absolute Gasteiger partial charge is 0.0254 e. The van der Waals surface area contributed by atoms with E-state index in [1.807, 2.05) is 0 Å². The van der Waals surface area contributed by atoms with Gasteiger partial charge in [-0.15, -0.1) is 0 Å². The first kappa shape index (κ1) is 26.2. The van der Waals surface area contributed by atoms with Crippen LogP contribution < -0.4 is 0 Å². The van der Waals surface area contributed by atoms with Crippen LogP contribution in [-0.2, 0) is 0 Å². The largest absolute Gasteiger partial charge is 0.0622 e. The molecule has 0 radical (unpaired) electrons. The maximum absolute atomic E-state index is 3.91. The van der Waals surface area contributed by atoms with E-state index in [9.17, 15) is 0 Å². The minimum Gasteiger partial charge on any atom is -0.0622 e. The summed E-state index contributed by atoms with van der Waals surface area (Å²) in [6.07, 6.45) is 0. The van der Waals surface area contributed by atoms with Gasteiger partial charge in [-0.1, -0.05) is 162 Å². The van der Waals surface area contributed by atoms with Crippen molar-refractivity contribution in [3.05, 3.63) is 156 Å². The lowest BCUT2D eigenvalue weighted by molar-refractivity contribution is 1.68. The lowest BCUT2D eigenvalue weighted by Crippen LogP contribution is -1.87. The molecule has 0 aromatic heterocycles. The number of rotatable bonds is 2. The molecule has 12 rings (SSSR count). The molecule has 0 unspecified atom stereocenters. The normalized spacial score (nSPS) is 12.6. The molecule has 0 atom stereocenters. The van der Waals surface area contributed by atoms with Gasteiger partial charge in [0.05, 0.1) is 0 Å². The second-order valence-corrected chi connectivity index (χ2v) is 14.4. The van der Waals surface area contributed by atoms with Crippen molar-refractivity contribution in [2.24, 2.45) is 0 Å². The van der Waals surface area contributed by atoms with Crippen LogP contribution in [-0.4, -0.2) is 0 Å². The van der Waals surface area contributed by atoms with E-state index in [0.717, 1.165) is 4.47 Å². The summed E-state index contributed by atoms with van der Waals surface area (Å²) in [5.41, 5.74) is 5.17. The molecule has 0 saturated heterocycles. The van der Waals surface area contributed by atoms with E-state index in [0.29, 0.717) is 0 Å². The molecule has 49 heavy (non-hydrogen) atoms. The molecule has 0 spiro atoms. The summed E-state index contributed by atoms with van der Waals surface area (Å²) in [4.78, 5) is 0. The Kier molecular flexibility index (Phi) is 4.94. The fraction of sp³-hybridized carbons (Fsp3) is 0. The zero-order valence-electron chi connectivity index (χ0n) is 26.3. The molecular weight excluding hydrogens is 656 g/mol. The second-order valence-electron chi connectivity index (χ2n) is 13.6. The summed E-state index contributed by atoms with van der Waals surface area (Å²) < 4.78 is 1.14. The van der Waals surface area contributed by atoms with Crippen LogP contribution in [0.4, 0.5) is 0 Å². The van der Waals surface area contributed by atoms with Crippen molar-refractivity contribution in [3.8, 4) is 22.3 Å². The van der Waals surface area contributed by atoms with Crippen molar-refractivity contribution in [2.45, 2.75) is 0 Å². The summed E-state index contributed by atoms with van der Waals surface area (Å²) in [5.74, 6) is 0. The monoisotopic (exact) mass is 680 g/mol. The summed E-state index contributed by atoms with van der Waals surface area (Å²) >= 11 is 3.91. The van der Waals surface area contributed by atoms with Crippen LogP contribution in [0.2, 0.25) is 0 Å². The Bertz CT molecular complexity index is 3130. The van der Waals surface area contributed by atoms with Gasteiger partial charge in [-0.3, -0.25) is 0 Å². The Morgan fingerprint density at radius 3 is 1.20 bits per heavy atom. The van der Waals surface area contributed by atoms with E-state index in [4.69, 9.17) is 0 Å². The average Bonchev–Trinajstić information content (AvgIpc) is 3.67. The van der Waals surface area contributed by atoms with Gasteiger partial charge in [0, 0.05) is 4.47 Å². The minimum atomic E-state index is 1.14. The minimum absolute atomic E-state index is 1.14. The third kappa shape index (κ3) is 3.15. The second kappa shape index (κ2) is 9.23. The number of hydrogen-bond donors (Lipinski definition) is 0. The quantitative estimate of drug-likeness (QED) is 0.126. The lowest BCUT2D eigenvalue weighted by Gasteiger charge is -2.15. The van der Waals surface area contributed by atoms with Crippen molar-refractivity contribution in [1.82, 2.24) is 0 Å². The molecule has 0 aliphatic heterocycles. The first-order valence-electron chi connectivity index (χ1n) is 17.0. The zero-order valence-corrected chi connectivity index (χ0v) is 27.9. The summed E-state index contributed by atoms with van der Waals surface area (Å²) in [6.45, 7) is 0.